The smallest absolute Gasteiger partial charge is 0.119 e. The van der Waals surface area contributed by atoms with Crippen LogP contribution in [0.1, 0.15) is 18.9 Å². The molecule has 0 heterocycles. The van der Waals surface area contributed by atoms with Gasteiger partial charge in [-0.3, -0.25) is 4.39 Å². The van der Waals surface area contributed by atoms with E-state index in [2.05, 4.69) is 24.4 Å². The summed E-state index contributed by atoms with van der Waals surface area (Å²) in [6, 6.07) is 8.46. The quantitative estimate of drug-likeness (QED) is 0.720. The molecule has 16 heavy (non-hydrogen) atoms. The summed E-state index contributed by atoms with van der Waals surface area (Å²) in [5.41, 5.74) is 1.28. The predicted octanol–water partition coefficient (Wildman–Crippen LogP) is 2.58. The van der Waals surface area contributed by atoms with Crippen LogP contribution in [0.5, 0.6) is 5.75 Å². The third kappa shape index (κ3) is 4.62. The van der Waals surface area contributed by atoms with E-state index in [0.29, 0.717) is 19.1 Å². The fourth-order valence-corrected chi connectivity index (χ4v) is 1.42. The fourth-order valence-electron chi connectivity index (χ4n) is 1.42. The summed E-state index contributed by atoms with van der Waals surface area (Å²) in [6.45, 7) is 2.27. The van der Waals surface area contributed by atoms with Crippen LogP contribution in [0.2, 0.25) is 0 Å². The van der Waals surface area contributed by atoms with Gasteiger partial charge in [-0.15, -0.1) is 0 Å². The van der Waals surface area contributed by atoms with Crippen molar-refractivity contribution in [1.82, 2.24) is 5.32 Å². The van der Waals surface area contributed by atoms with Crippen molar-refractivity contribution in [1.29, 1.82) is 0 Å². The van der Waals surface area contributed by atoms with Gasteiger partial charge >= 0.3 is 0 Å². The first-order valence-corrected chi connectivity index (χ1v) is 5.71. The van der Waals surface area contributed by atoms with Gasteiger partial charge in [-0.1, -0.05) is 12.1 Å². The van der Waals surface area contributed by atoms with Gasteiger partial charge in [0.25, 0.3) is 0 Å². The molecule has 1 aromatic rings. The molecule has 0 fully saturated rings. The van der Waals surface area contributed by atoms with Crippen molar-refractivity contribution in [2.24, 2.45) is 0 Å². The van der Waals surface area contributed by atoms with Crippen LogP contribution in [0.15, 0.2) is 24.3 Å². The lowest BCUT2D eigenvalue weighted by Crippen LogP contribution is -2.23. The van der Waals surface area contributed by atoms with E-state index < -0.39 is 0 Å². The Morgan fingerprint density at radius 3 is 2.56 bits per heavy atom. The molecule has 0 amide bonds. The number of alkyl halides is 1. The molecule has 0 spiro atoms. The lowest BCUT2D eigenvalue weighted by molar-refractivity contribution is 0.289. The monoisotopic (exact) mass is 225 g/mol. The Kier molecular flexibility index (Phi) is 5.86. The highest BCUT2D eigenvalue weighted by Crippen LogP contribution is 2.13. The first-order valence-electron chi connectivity index (χ1n) is 5.71. The Labute approximate surface area is 96.8 Å². The van der Waals surface area contributed by atoms with E-state index in [1.54, 1.807) is 0 Å². The highest BCUT2D eigenvalue weighted by molar-refractivity contribution is 5.27. The first-order chi connectivity index (χ1) is 7.76. The Hall–Kier alpha value is -1.09. The molecule has 0 aliphatic rings. The Morgan fingerprint density at radius 2 is 2.00 bits per heavy atom. The molecule has 1 atom stereocenters. The van der Waals surface area contributed by atoms with Crippen LogP contribution >= 0.6 is 0 Å². The summed E-state index contributed by atoms with van der Waals surface area (Å²) in [5.74, 6) is 0.814. The van der Waals surface area contributed by atoms with Crippen LogP contribution in [0.25, 0.3) is 0 Å². The summed E-state index contributed by atoms with van der Waals surface area (Å²) in [7, 11) is 1.96. The molecule has 0 bridgehead atoms. The third-order valence-electron chi connectivity index (χ3n) is 2.50. The number of ether oxygens (including phenoxy) is 1. The number of hydrogen-bond acceptors (Lipinski definition) is 2. The van der Waals surface area contributed by atoms with Gasteiger partial charge in [0, 0.05) is 12.5 Å². The van der Waals surface area contributed by atoms with E-state index in [-0.39, 0.29) is 6.67 Å². The molecule has 0 aliphatic carbocycles. The van der Waals surface area contributed by atoms with Gasteiger partial charge in [-0.25, -0.2) is 0 Å². The van der Waals surface area contributed by atoms with E-state index in [9.17, 15) is 4.39 Å². The number of nitrogens with one attached hydrogen (secondary N) is 1. The standard InChI is InChI=1S/C13H20FNO/c1-11(15-2)10-12-4-6-13(7-5-12)16-9-3-8-14/h4-7,11,15H,3,8-10H2,1-2H3. The highest BCUT2D eigenvalue weighted by Gasteiger charge is 2.00. The van der Waals surface area contributed by atoms with Crippen molar-refractivity contribution in [3.05, 3.63) is 29.8 Å². The second-order valence-corrected chi connectivity index (χ2v) is 3.93. The maximum Gasteiger partial charge on any atom is 0.119 e. The lowest BCUT2D eigenvalue weighted by atomic mass is 10.1. The molecule has 1 unspecified atom stereocenters. The number of halogens is 1. The largest absolute Gasteiger partial charge is 0.494 e. The van der Waals surface area contributed by atoms with Crippen molar-refractivity contribution in [3.63, 3.8) is 0 Å². The molecule has 0 saturated heterocycles. The van der Waals surface area contributed by atoms with Crippen molar-refractivity contribution < 1.29 is 9.13 Å². The van der Waals surface area contributed by atoms with Crippen LogP contribution in [-0.4, -0.2) is 26.4 Å². The van der Waals surface area contributed by atoms with Crippen molar-refractivity contribution in [2.75, 3.05) is 20.3 Å². The van der Waals surface area contributed by atoms with Crippen molar-refractivity contribution in [2.45, 2.75) is 25.8 Å². The molecule has 0 aliphatic heterocycles. The number of hydrogen-bond donors (Lipinski definition) is 1. The van der Waals surface area contributed by atoms with Gasteiger partial charge in [0.2, 0.25) is 0 Å². The van der Waals surface area contributed by atoms with Crippen molar-refractivity contribution in [3.8, 4) is 5.75 Å². The Bertz CT molecular complexity index is 286. The molecule has 0 aromatic heterocycles. The third-order valence-corrected chi connectivity index (χ3v) is 2.50. The minimum absolute atomic E-state index is 0.322. The van der Waals surface area contributed by atoms with Crippen LogP contribution in [-0.2, 0) is 6.42 Å². The van der Waals surface area contributed by atoms with Gasteiger partial charge < -0.3 is 10.1 Å². The zero-order valence-corrected chi connectivity index (χ0v) is 10.0. The average molecular weight is 225 g/mol. The molecular formula is C13H20FNO. The molecule has 1 aromatic carbocycles. The summed E-state index contributed by atoms with van der Waals surface area (Å²) in [6.07, 6.45) is 1.46. The van der Waals surface area contributed by atoms with Gasteiger partial charge in [-0.05, 0) is 38.1 Å². The molecule has 3 heteroatoms. The lowest BCUT2D eigenvalue weighted by Gasteiger charge is -2.10. The van der Waals surface area contributed by atoms with Crippen LogP contribution in [0.3, 0.4) is 0 Å². The minimum Gasteiger partial charge on any atom is -0.494 e. The van der Waals surface area contributed by atoms with E-state index >= 15 is 0 Å². The first kappa shape index (κ1) is 13.0. The van der Waals surface area contributed by atoms with Gasteiger partial charge in [0.05, 0.1) is 13.3 Å². The molecular weight excluding hydrogens is 205 g/mol. The number of likely N-dealkylation sites (N-methyl/N-ethyl adjacent to an activating group) is 1. The maximum atomic E-state index is 11.9. The average Bonchev–Trinajstić information content (AvgIpc) is 2.31. The molecule has 2 nitrogen and oxygen atoms in total. The van der Waals surface area contributed by atoms with Crippen LogP contribution < -0.4 is 10.1 Å². The SMILES string of the molecule is CNC(C)Cc1ccc(OCCCF)cc1. The molecule has 1 rings (SSSR count). The topological polar surface area (TPSA) is 21.3 Å². The molecule has 0 radical (unpaired) electrons. The van der Waals surface area contributed by atoms with E-state index in [4.69, 9.17) is 4.74 Å². The fraction of sp³-hybridized carbons (Fsp3) is 0.538. The highest BCUT2D eigenvalue weighted by atomic mass is 19.1. The number of benzene rings is 1. The predicted molar refractivity (Wildman–Crippen MR) is 64.8 cm³/mol. The summed E-state index contributed by atoms with van der Waals surface area (Å²) in [5, 5.41) is 3.20. The molecule has 0 saturated carbocycles. The molecule has 90 valence electrons. The van der Waals surface area contributed by atoms with Crippen molar-refractivity contribution >= 4 is 0 Å². The summed E-state index contributed by atoms with van der Waals surface area (Å²) < 4.78 is 17.2. The van der Waals surface area contributed by atoms with Gasteiger partial charge in [0.15, 0.2) is 0 Å². The maximum absolute atomic E-state index is 11.9. The normalized spacial score (nSPS) is 12.4. The van der Waals surface area contributed by atoms with Gasteiger partial charge in [-0.2, -0.15) is 0 Å². The van der Waals surface area contributed by atoms with E-state index in [1.807, 2.05) is 19.2 Å². The van der Waals surface area contributed by atoms with Gasteiger partial charge in [0.1, 0.15) is 5.75 Å². The number of rotatable bonds is 7. The zero-order chi connectivity index (χ0) is 11.8. The minimum atomic E-state index is -0.322. The van der Waals surface area contributed by atoms with Crippen LogP contribution in [0, 0.1) is 0 Å². The second-order valence-electron chi connectivity index (χ2n) is 3.93. The summed E-state index contributed by atoms with van der Waals surface area (Å²) in [4.78, 5) is 0. The zero-order valence-electron chi connectivity index (χ0n) is 10.0. The van der Waals surface area contributed by atoms with E-state index in [0.717, 1.165) is 12.2 Å². The Morgan fingerprint density at radius 1 is 1.31 bits per heavy atom. The Balaban J connectivity index is 2.41. The molecule has 1 N–H and O–H groups in total. The second kappa shape index (κ2) is 7.23. The van der Waals surface area contributed by atoms with Crippen LogP contribution in [0.4, 0.5) is 4.39 Å². The summed E-state index contributed by atoms with van der Waals surface area (Å²) >= 11 is 0. The van der Waals surface area contributed by atoms with E-state index in [1.165, 1.54) is 5.56 Å².